The largest absolute Gasteiger partial charge is 0.393 e. The first-order chi connectivity index (χ1) is 10.8. The van der Waals surface area contributed by atoms with Crippen molar-refractivity contribution in [2.24, 2.45) is 0 Å². The highest BCUT2D eigenvalue weighted by atomic mass is 79.9. The summed E-state index contributed by atoms with van der Waals surface area (Å²) in [5.41, 5.74) is 7.02. The van der Waals surface area contributed by atoms with Crippen LogP contribution < -0.4 is 11.1 Å². The van der Waals surface area contributed by atoms with E-state index in [-0.39, 0.29) is 23.0 Å². The van der Waals surface area contributed by atoms with Crippen LogP contribution in [0.15, 0.2) is 40.9 Å². The quantitative estimate of drug-likeness (QED) is 0.481. The predicted molar refractivity (Wildman–Crippen MR) is 92.3 cm³/mol. The lowest BCUT2D eigenvalue weighted by molar-refractivity contribution is -0.384. The molecular weight excluding hydrogens is 362 g/mol. The van der Waals surface area contributed by atoms with E-state index in [1.165, 1.54) is 6.07 Å². The Morgan fingerprint density at radius 2 is 2.04 bits per heavy atom. The SMILES string of the molecule is Cc1cc(C(=O)NC(C)c2cccc(Br)c2)c(N)c([N+](=O)[O-])c1. The standard InChI is InChI=1S/C16H16BrN3O3/c1-9-6-13(15(18)14(7-9)20(22)23)16(21)19-10(2)11-4-3-5-12(17)8-11/h3-8,10H,18H2,1-2H3,(H,19,21). The number of rotatable bonds is 4. The second kappa shape index (κ2) is 6.78. The van der Waals surface area contributed by atoms with E-state index in [0.717, 1.165) is 10.0 Å². The highest BCUT2D eigenvalue weighted by molar-refractivity contribution is 9.10. The number of benzene rings is 2. The first-order valence-electron chi connectivity index (χ1n) is 6.90. The molecule has 7 heteroatoms. The summed E-state index contributed by atoms with van der Waals surface area (Å²) in [5, 5.41) is 13.8. The molecule has 0 aromatic heterocycles. The van der Waals surface area contributed by atoms with Crippen LogP contribution in [0.5, 0.6) is 0 Å². The van der Waals surface area contributed by atoms with Crippen molar-refractivity contribution in [2.75, 3.05) is 5.73 Å². The van der Waals surface area contributed by atoms with E-state index in [9.17, 15) is 14.9 Å². The van der Waals surface area contributed by atoms with Gasteiger partial charge in [0.2, 0.25) is 0 Å². The lowest BCUT2D eigenvalue weighted by Gasteiger charge is -2.16. The molecule has 0 aliphatic heterocycles. The van der Waals surface area contributed by atoms with E-state index in [1.807, 2.05) is 31.2 Å². The summed E-state index contributed by atoms with van der Waals surface area (Å²) < 4.78 is 0.904. The highest BCUT2D eigenvalue weighted by Gasteiger charge is 2.21. The lowest BCUT2D eigenvalue weighted by Crippen LogP contribution is -2.27. The number of nitrogens with zero attached hydrogens (tertiary/aromatic N) is 1. The number of aryl methyl sites for hydroxylation is 1. The van der Waals surface area contributed by atoms with Crippen LogP contribution in [-0.2, 0) is 0 Å². The fraction of sp³-hybridized carbons (Fsp3) is 0.188. The number of amides is 1. The van der Waals surface area contributed by atoms with Crippen LogP contribution in [0.2, 0.25) is 0 Å². The van der Waals surface area contributed by atoms with Crippen molar-refractivity contribution >= 4 is 33.2 Å². The maximum Gasteiger partial charge on any atom is 0.293 e. The third kappa shape index (κ3) is 3.87. The van der Waals surface area contributed by atoms with Gasteiger partial charge in [-0.1, -0.05) is 28.1 Å². The van der Waals surface area contributed by atoms with Gasteiger partial charge in [0.1, 0.15) is 5.69 Å². The van der Waals surface area contributed by atoms with E-state index in [4.69, 9.17) is 5.73 Å². The smallest absolute Gasteiger partial charge is 0.293 e. The molecule has 2 rings (SSSR count). The van der Waals surface area contributed by atoms with Gasteiger partial charge in [-0.05, 0) is 43.2 Å². The van der Waals surface area contributed by atoms with Crippen molar-refractivity contribution in [2.45, 2.75) is 19.9 Å². The molecule has 3 N–H and O–H groups in total. The summed E-state index contributed by atoms with van der Waals surface area (Å²) in [7, 11) is 0. The number of nitrogens with two attached hydrogens (primary N) is 1. The molecule has 0 fully saturated rings. The van der Waals surface area contributed by atoms with Crippen LogP contribution in [0.4, 0.5) is 11.4 Å². The zero-order valence-electron chi connectivity index (χ0n) is 12.7. The van der Waals surface area contributed by atoms with Gasteiger partial charge in [0, 0.05) is 10.5 Å². The van der Waals surface area contributed by atoms with Gasteiger partial charge in [-0.2, -0.15) is 0 Å². The normalized spacial score (nSPS) is 11.8. The van der Waals surface area contributed by atoms with Crippen LogP contribution in [0, 0.1) is 17.0 Å². The van der Waals surface area contributed by atoms with Gasteiger partial charge in [0.25, 0.3) is 11.6 Å². The lowest BCUT2D eigenvalue weighted by atomic mass is 10.0. The van der Waals surface area contributed by atoms with Crippen molar-refractivity contribution in [3.63, 3.8) is 0 Å². The zero-order chi connectivity index (χ0) is 17.1. The van der Waals surface area contributed by atoms with Crippen LogP contribution in [0.1, 0.15) is 34.5 Å². The Balaban J connectivity index is 2.29. The Morgan fingerprint density at radius 3 is 2.65 bits per heavy atom. The number of hydrogen-bond acceptors (Lipinski definition) is 4. The third-order valence-electron chi connectivity index (χ3n) is 3.44. The molecule has 1 unspecified atom stereocenters. The summed E-state index contributed by atoms with van der Waals surface area (Å²) in [5.74, 6) is -0.443. The number of anilines is 1. The molecular formula is C16H16BrN3O3. The number of nitro benzene ring substituents is 1. The van der Waals surface area contributed by atoms with Gasteiger partial charge in [-0.3, -0.25) is 14.9 Å². The average Bonchev–Trinajstić information content (AvgIpc) is 2.48. The van der Waals surface area contributed by atoms with Crippen LogP contribution in [-0.4, -0.2) is 10.8 Å². The number of halogens is 1. The molecule has 0 saturated heterocycles. The number of nitrogens with one attached hydrogen (secondary N) is 1. The van der Waals surface area contributed by atoms with Gasteiger partial charge >= 0.3 is 0 Å². The monoisotopic (exact) mass is 377 g/mol. The van der Waals surface area contributed by atoms with Gasteiger partial charge in [-0.25, -0.2) is 0 Å². The number of hydrogen-bond donors (Lipinski definition) is 2. The Morgan fingerprint density at radius 1 is 1.35 bits per heavy atom. The zero-order valence-corrected chi connectivity index (χ0v) is 14.3. The molecule has 0 aliphatic carbocycles. The summed E-state index contributed by atoms with van der Waals surface area (Å²) in [4.78, 5) is 22.9. The molecule has 0 spiro atoms. The van der Waals surface area contributed by atoms with Crippen LogP contribution in [0.25, 0.3) is 0 Å². The number of nitrogen functional groups attached to an aromatic ring is 1. The molecule has 1 amide bonds. The second-order valence-corrected chi connectivity index (χ2v) is 6.17. The molecule has 120 valence electrons. The van der Waals surface area contributed by atoms with Crippen LogP contribution in [0.3, 0.4) is 0 Å². The first kappa shape index (κ1) is 17.0. The van der Waals surface area contributed by atoms with Crippen molar-refractivity contribution in [1.82, 2.24) is 5.32 Å². The Kier molecular flexibility index (Phi) is 5.00. The fourth-order valence-electron chi connectivity index (χ4n) is 2.25. The predicted octanol–water partition coefficient (Wildman–Crippen LogP) is 3.74. The Labute approximate surface area is 142 Å². The molecule has 0 aliphatic rings. The Bertz CT molecular complexity index is 777. The molecule has 0 radical (unpaired) electrons. The maximum absolute atomic E-state index is 12.4. The van der Waals surface area contributed by atoms with Gasteiger partial charge in [0.15, 0.2) is 0 Å². The maximum atomic E-state index is 12.4. The molecule has 6 nitrogen and oxygen atoms in total. The van der Waals surface area contributed by atoms with E-state index in [0.29, 0.717) is 5.56 Å². The minimum atomic E-state index is -0.586. The van der Waals surface area contributed by atoms with E-state index in [2.05, 4.69) is 21.2 Å². The van der Waals surface area contributed by atoms with Crippen molar-refractivity contribution in [3.05, 3.63) is 67.7 Å². The molecule has 0 saturated carbocycles. The van der Waals surface area contributed by atoms with Gasteiger partial charge in [0.05, 0.1) is 16.5 Å². The fourth-order valence-corrected chi connectivity index (χ4v) is 2.67. The molecule has 0 bridgehead atoms. The summed E-state index contributed by atoms with van der Waals surface area (Å²) in [6, 6.07) is 10.2. The second-order valence-electron chi connectivity index (χ2n) is 5.25. The summed E-state index contributed by atoms with van der Waals surface area (Å²) in [6.07, 6.45) is 0. The topological polar surface area (TPSA) is 98.3 Å². The number of carbonyl (C=O) groups excluding carboxylic acids is 1. The minimum Gasteiger partial charge on any atom is -0.393 e. The molecule has 1 atom stereocenters. The molecule has 0 heterocycles. The number of nitro groups is 1. The first-order valence-corrected chi connectivity index (χ1v) is 7.69. The molecule has 23 heavy (non-hydrogen) atoms. The van der Waals surface area contributed by atoms with E-state index >= 15 is 0 Å². The summed E-state index contributed by atoms with van der Waals surface area (Å²) in [6.45, 7) is 3.51. The van der Waals surface area contributed by atoms with Gasteiger partial charge < -0.3 is 11.1 Å². The third-order valence-corrected chi connectivity index (χ3v) is 3.93. The van der Waals surface area contributed by atoms with Crippen molar-refractivity contribution in [1.29, 1.82) is 0 Å². The Hall–Kier alpha value is -2.41. The van der Waals surface area contributed by atoms with Crippen molar-refractivity contribution < 1.29 is 9.72 Å². The molecule has 2 aromatic rings. The minimum absolute atomic E-state index is 0.110. The molecule has 2 aromatic carbocycles. The summed E-state index contributed by atoms with van der Waals surface area (Å²) >= 11 is 3.38. The van der Waals surface area contributed by atoms with Gasteiger partial charge in [-0.15, -0.1) is 0 Å². The average molecular weight is 378 g/mol. The highest BCUT2D eigenvalue weighted by Crippen LogP contribution is 2.27. The number of carbonyl (C=O) groups is 1. The van der Waals surface area contributed by atoms with E-state index < -0.39 is 10.8 Å². The van der Waals surface area contributed by atoms with E-state index in [1.54, 1.807) is 13.0 Å². The van der Waals surface area contributed by atoms with Crippen molar-refractivity contribution in [3.8, 4) is 0 Å². The van der Waals surface area contributed by atoms with Crippen LogP contribution >= 0.6 is 15.9 Å².